The molecule has 0 atom stereocenters. The average molecular weight is 289 g/mol. The molecule has 0 radical (unpaired) electrons. The number of nitrogens with zero attached hydrogens (tertiary/aromatic N) is 3. The van der Waals surface area contributed by atoms with Crippen LogP contribution in [0.5, 0.6) is 0 Å². The van der Waals surface area contributed by atoms with Crippen LogP contribution >= 0.6 is 0 Å². The molecule has 1 aromatic carbocycles. The maximum absolute atomic E-state index is 12.8. The third-order valence-electron chi connectivity index (χ3n) is 2.67. The summed E-state index contributed by atoms with van der Waals surface area (Å²) in [5.74, 6) is -0.0137. The van der Waals surface area contributed by atoms with Crippen molar-refractivity contribution < 1.29 is 4.39 Å². The summed E-state index contributed by atoms with van der Waals surface area (Å²) in [6.45, 7) is 5.85. The number of H-pyrrole nitrogens is 1. The molecule has 0 unspecified atom stereocenters. The molecule has 1 heterocycles. The fourth-order valence-electron chi connectivity index (χ4n) is 1.65. The molecule has 2 rings (SSSR count). The van der Waals surface area contributed by atoms with Gasteiger partial charge in [0.25, 0.3) is 0 Å². The van der Waals surface area contributed by atoms with Gasteiger partial charge in [0, 0.05) is 5.41 Å². The van der Waals surface area contributed by atoms with E-state index in [2.05, 4.69) is 25.7 Å². The van der Waals surface area contributed by atoms with E-state index in [9.17, 15) is 9.18 Å². The van der Waals surface area contributed by atoms with Crippen molar-refractivity contribution in [1.82, 2.24) is 15.2 Å². The number of hydrogen-bond donors (Lipinski definition) is 2. The molecular weight excluding hydrogens is 273 g/mol. The highest BCUT2D eigenvalue weighted by Gasteiger charge is 2.21. The van der Waals surface area contributed by atoms with Crippen molar-refractivity contribution in [1.29, 1.82) is 0 Å². The molecular formula is C14H16FN5O. The monoisotopic (exact) mass is 289 g/mol. The Morgan fingerprint density at radius 1 is 1.29 bits per heavy atom. The molecule has 0 aliphatic carbocycles. The molecule has 0 saturated heterocycles. The number of aromatic amines is 1. The van der Waals surface area contributed by atoms with Crippen LogP contribution < -0.4 is 11.1 Å². The zero-order valence-corrected chi connectivity index (χ0v) is 12.0. The van der Waals surface area contributed by atoms with E-state index in [-0.39, 0.29) is 11.2 Å². The van der Waals surface area contributed by atoms with Crippen molar-refractivity contribution in [2.75, 3.05) is 5.43 Å². The van der Waals surface area contributed by atoms with E-state index in [0.29, 0.717) is 11.5 Å². The Hall–Kier alpha value is -2.57. The second kappa shape index (κ2) is 5.82. The molecule has 0 aliphatic heterocycles. The fourth-order valence-corrected chi connectivity index (χ4v) is 1.65. The number of benzene rings is 1. The van der Waals surface area contributed by atoms with Crippen LogP contribution in [-0.4, -0.2) is 21.4 Å². The minimum Gasteiger partial charge on any atom is -0.260 e. The number of hydrazone groups is 1. The zero-order valence-electron chi connectivity index (χ0n) is 12.0. The third kappa shape index (κ3) is 3.95. The Labute approximate surface area is 121 Å². The van der Waals surface area contributed by atoms with Crippen LogP contribution in [0, 0.1) is 5.82 Å². The van der Waals surface area contributed by atoms with E-state index < -0.39 is 5.69 Å². The summed E-state index contributed by atoms with van der Waals surface area (Å²) in [5, 5.41) is 10.3. The third-order valence-corrected chi connectivity index (χ3v) is 2.67. The van der Waals surface area contributed by atoms with E-state index in [4.69, 9.17) is 0 Å². The van der Waals surface area contributed by atoms with Crippen molar-refractivity contribution >= 4 is 12.0 Å². The van der Waals surface area contributed by atoms with Gasteiger partial charge in [0.1, 0.15) is 11.5 Å². The summed E-state index contributed by atoms with van der Waals surface area (Å²) in [6.07, 6.45) is 1.51. The first kappa shape index (κ1) is 14.8. The normalized spacial score (nSPS) is 11.8. The lowest BCUT2D eigenvalue weighted by molar-refractivity contribution is 0.553. The largest absolute Gasteiger partial charge is 0.363 e. The molecule has 110 valence electrons. The van der Waals surface area contributed by atoms with Gasteiger partial charge in [0.2, 0.25) is 0 Å². The van der Waals surface area contributed by atoms with E-state index in [1.165, 1.54) is 18.3 Å². The van der Waals surface area contributed by atoms with Gasteiger partial charge in [-0.05, 0) is 17.7 Å². The lowest BCUT2D eigenvalue weighted by Gasteiger charge is -2.18. The highest BCUT2D eigenvalue weighted by Crippen LogP contribution is 2.24. The Morgan fingerprint density at radius 2 is 1.95 bits per heavy atom. The van der Waals surface area contributed by atoms with Crippen LogP contribution in [0.3, 0.4) is 0 Å². The Kier molecular flexibility index (Phi) is 4.11. The molecule has 7 heteroatoms. The Balaban J connectivity index is 2.21. The Morgan fingerprint density at radius 3 is 2.57 bits per heavy atom. The topological polar surface area (TPSA) is 83.0 Å². The minimum absolute atomic E-state index is 0.296. The van der Waals surface area contributed by atoms with E-state index >= 15 is 0 Å². The standard InChI is InChI=1S/C14H16FN5O/c1-14(2,3)11-12(17-13(21)20-18-11)19-16-8-9-4-6-10(15)7-5-9/h4-8H,1-3H3,(H2,17,19,20,21)/b16-8+. The number of hydrogen-bond acceptors (Lipinski definition) is 5. The first-order valence-electron chi connectivity index (χ1n) is 6.38. The highest BCUT2D eigenvalue weighted by molar-refractivity contribution is 5.80. The van der Waals surface area contributed by atoms with Gasteiger partial charge in [0.15, 0.2) is 5.82 Å². The summed E-state index contributed by atoms with van der Waals surface area (Å²) in [7, 11) is 0. The van der Waals surface area contributed by atoms with Gasteiger partial charge < -0.3 is 0 Å². The van der Waals surface area contributed by atoms with Gasteiger partial charge in [-0.15, -0.1) is 0 Å². The second-order valence-electron chi connectivity index (χ2n) is 5.51. The van der Waals surface area contributed by atoms with Gasteiger partial charge in [-0.25, -0.2) is 14.3 Å². The van der Waals surface area contributed by atoms with E-state index in [0.717, 1.165) is 5.56 Å². The van der Waals surface area contributed by atoms with Crippen molar-refractivity contribution in [3.8, 4) is 0 Å². The molecule has 0 amide bonds. The van der Waals surface area contributed by atoms with Crippen LogP contribution in [0.2, 0.25) is 0 Å². The predicted molar refractivity (Wildman–Crippen MR) is 79.0 cm³/mol. The average Bonchev–Trinajstić information content (AvgIpc) is 2.40. The van der Waals surface area contributed by atoms with Gasteiger partial charge in [-0.1, -0.05) is 32.9 Å². The van der Waals surface area contributed by atoms with Crippen LogP contribution in [0.15, 0.2) is 34.2 Å². The summed E-state index contributed by atoms with van der Waals surface area (Å²) >= 11 is 0. The molecule has 0 saturated carbocycles. The lowest BCUT2D eigenvalue weighted by Crippen LogP contribution is -2.24. The number of anilines is 1. The highest BCUT2D eigenvalue weighted by atomic mass is 19.1. The van der Waals surface area contributed by atoms with Crippen molar-refractivity contribution in [3.63, 3.8) is 0 Å². The maximum atomic E-state index is 12.8. The smallest absolute Gasteiger partial charge is 0.260 e. The molecule has 0 bridgehead atoms. The van der Waals surface area contributed by atoms with E-state index in [1.807, 2.05) is 20.8 Å². The molecule has 0 fully saturated rings. The quantitative estimate of drug-likeness (QED) is 0.669. The maximum Gasteiger partial charge on any atom is 0.363 e. The first-order chi connectivity index (χ1) is 9.86. The van der Waals surface area contributed by atoms with Crippen molar-refractivity contribution in [2.24, 2.45) is 5.10 Å². The number of nitrogens with one attached hydrogen (secondary N) is 2. The van der Waals surface area contributed by atoms with Crippen LogP contribution in [0.1, 0.15) is 32.0 Å². The zero-order chi connectivity index (χ0) is 15.5. The lowest BCUT2D eigenvalue weighted by atomic mass is 9.92. The Bertz CT molecular complexity index is 701. The van der Waals surface area contributed by atoms with E-state index in [1.54, 1.807) is 12.1 Å². The molecule has 2 N–H and O–H groups in total. The SMILES string of the molecule is CC(C)(C)c1n[nH]c(=O)nc1N/N=C/c1ccc(F)cc1. The van der Waals surface area contributed by atoms with Crippen molar-refractivity contribution in [3.05, 3.63) is 51.8 Å². The number of halogens is 1. The molecule has 6 nitrogen and oxygen atoms in total. The van der Waals surface area contributed by atoms with Crippen LogP contribution in [0.4, 0.5) is 10.2 Å². The number of rotatable bonds is 3. The summed E-state index contributed by atoms with van der Waals surface area (Å²) < 4.78 is 12.8. The summed E-state index contributed by atoms with van der Waals surface area (Å²) in [6, 6.07) is 5.87. The van der Waals surface area contributed by atoms with Crippen LogP contribution in [0.25, 0.3) is 0 Å². The predicted octanol–water partition coefficient (Wildman–Crippen LogP) is 2.05. The molecule has 2 aromatic rings. The number of aromatic nitrogens is 3. The molecule has 1 aromatic heterocycles. The van der Waals surface area contributed by atoms with Crippen molar-refractivity contribution in [2.45, 2.75) is 26.2 Å². The molecule has 21 heavy (non-hydrogen) atoms. The summed E-state index contributed by atoms with van der Waals surface area (Å²) in [4.78, 5) is 15.1. The van der Waals surface area contributed by atoms with Gasteiger partial charge in [0.05, 0.1) is 6.21 Å². The minimum atomic E-state index is -0.553. The van der Waals surface area contributed by atoms with Gasteiger partial charge >= 0.3 is 5.69 Å². The first-order valence-corrected chi connectivity index (χ1v) is 6.38. The summed E-state index contributed by atoms with van der Waals surface area (Å²) in [5.41, 5.74) is 3.17. The molecule has 0 aliphatic rings. The van der Waals surface area contributed by atoms with Gasteiger partial charge in [-0.3, -0.25) is 5.43 Å². The van der Waals surface area contributed by atoms with Gasteiger partial charge in [-0.2, -0.15) is 15.2 Å². The molecule has 0 spiro atoms. The fraction of sp³-hybridized carbons (Fsp3) is 0.286. The van der Waals surface area contributed by atoms with Crippen LogP contribution in [-0.2, 0) is 5.41 Å². The second-order valence-corrected chi connectivity index (χ2v) is 5.51.